The second kappa shape index (κ2) is 7.38. The highest BCUT2D eigenvalue weighted by atomic mass is 32.2. The number of benzene rings is 1. The van der Waals surface area contributed by atoms with Gasteiger partial charge in [-0.1, -0.05) is 23.5 Å². The summed E-state index contributed by atoms with van der Waals surface area (Å²) in [5, 5.41) is 17.0. The Labute approximate surface area is 169 Å². The molecule has 0 bridgehead atoms. The predicted octanol–water partition coefficient (Wildman–Crippen LogP) is 1.79. The second-order valence-electron chi connectivity index (χ2n) is 6.93. The van der Waals surface area contributed by atoms with E-state index in [-0.39, 0.29) is 34.2 Å². The van der Waals surface area contributed by atoms with Crippen LogP contribution in [0.25, 0.3) is 0 Å². The smallest absolute Gasteiger partial charge is 0.376 e. The van der Waals surface area contributed by atoms with Crippen LogP contribution in [0.4, 0.5) is 24.0 Å². The van der Waals surface area contributed by atoms with E-state index in [9.17, 15) is 26.7 Å². The zero-order valence-corrected chi connectivity index (χ0v) is 17.2. The number of sulfonamides is 1. The van der Waals surface area contributed by atoms with Crippen molar-refractivity contribution < 1.29 is 26.7 Å². The van der Waals surface area contributed by atoms with Crippen LogP contribution in [0.3, 0.4) is 0 Å². The lowest BCUT2D eigenvalue weighted by atomic mass is 9.95. The number of alkyl halides is 3. The molecule has 0 spiro atoms. The Balaban J connectivity index is 1.75. The maximum absolute atomic E-state index is 13.0. The molecule has 13 heteroatoms. The summed E-state index contributed by atoms with van der Waals surface area (Å²) in [6, 6.07) is 5.19. The van der Waals surface area contributed by atoms with E-state index in [1.807, 2.05) is 11.8 Å². The molecular formula is C16H20F3N5O3S2. The van der Waals surface area contributed by atoms with Gasteiger partial charge in [0.1, 0.15) is 0 Å². The molecule has 1 fully saturated rings. The SMILES string of the molecule is C[C@H]1CN(S(=O)(=O)c2nnc(N)s2)CCN1c1ccc([C@](C)(O)C(F)(F)F)cc1. The standard InChI is InChI=1S/C16H20F3N5O3S2/c1-10-9-23(29(26,27)14-22-21-13(20)28-14)7-8-24(10)12-5-3-11(4-6-12)15(2,25)16(17,18)19/h3-6,10,25H,7-9H2,1-2H3,(H2,20,21)/t10-,15-/m0/s1. The van der Waals surface area contributed by atoms with E-state index in [0.717, 1.165) is 11.3 Å². The second-order valence-corrected chi connectivity index (χ2v) is 10.0. The van der Waals surface area contributed by atoms with Gasteiger partial charge >= 0.3 is 6.18 Å². The number of nitrogens with zero attached hydrogens (tertiary/aromatic N) is 4. The van der Waals surface area contributed by atoms with Crippen LogP contribution in [0.2, 0.25) is 0 Å². The molecule has 0 radical (unpaired) electrons. The molecule has 3 N–H and O–H groups in total. The minimum atomic E-state index is -4.80. The topological polar surface area (TPSA) is 113 Å². The molecule has 1 aromatic carbocycles. The molecule has 0 aliphatic carbocycles. The highest BCUT2D eigenvalue weighted by Gasteiger charge is 2.51. The largest absolute Gasteiger partial charge is 0.421 e. The number of rotatable bonds is 4. The van der Waals surface area contributed by atoms with Crippen molar-refractivity contribution in [3.8, 4) is 0 Å². The Morgan fingerprint density at radius 2 is 1.83 bits per heavy atom. The quantitative estimate of drug-likeness (QED) is 0.729. The zero-order chi connectivity index (χ0) is 21.6. The van der Waals surface area contributed by atoms with Crippen molar-refractivity contribution in [2.75, 3.05) is 30.3 Å². The van der Waals surface area contributed by atoms with Crippen LogP contribution in [0.1, 0.15) is 19.4 Å². The van der Waals surface area contributed by atoms with Crippen molar-refractivity contribution in [3.63, 3.8) is 0 Å². The van der Waals surface area contributed by atoms with Gasteiger partial charge in [-0.3, -0.25) is 0 Å². The minimum absolute atomic E-state index is 0.0603. The molecule has 2 atom stereocenters. The Hall–Kier alpha value is -1.96. The minimum Gasteiger partial charge on any atom is -0.376 e. The zero-order valence-electron chi connectivity index (χ0n) is 15.6. The van der Waals surface area contributed by atoms with Gasteiger partial charge in [-0.05, 0) is 31.5 Å². The molecule has 0 amide bonds. The molecule has 1 saturated heterocycles. The number of hydrogen-bond donors (Lipinski definition) is 2. The van der Waals surface area contributed by atoms with Gasteiger partial charge in [-0.2, -0.15) is 17.5 Å². The van der Waals surface area contributed by atoms with E-state index in [1.54, 1.807) is 0 Å². The number of nitrogens with two attached hydrogens (primary N) is 1. The lowest BCUT2D eigenvalue weighted by Crippen LogP contribution is -2.53. The molecule has 2 aromatic rings. The van der Waals surface area contributed by atoms with Gasteiger partial charge in [-0.15, -0.1) is 10.2 Å². The van der Waals surface area contributed by atoms with Crippen molar-refractivity contribution in [1.82, 2.24) is 14.5 Å². The highest BCUT2D eigenvalue weighted by molar-refractivity contribution is 7.91. The van der Waals surface area contributed by atoms with Crippen LogP contribution in [0, 0.1) is 0 Å². The monoisotopic (exact) mass is 451 g/mol. The Morgan fingerprint density at radius 1 is 1.21 bits per heavy atom. The van der Waals surface area contributed by atoms with E-state index in [0.29, 0.717) is 19.2 Å². The fourth-order valence-electron chi connectivity index (χ4n) is 3.10. The first-order chi connectivity index (χ1) is 13.3. The molecule has 1 aliphatic rings. The molecular weight excluding hydrogens is 431 g/mol. The van der Waals surface area contributed by atoms with Crippen molar-refractivity contribution in [1.29, 1.82) is 0 Å². The number of aromatic nitrogens is 2. The average Bonchev–Trinajstić information content (AvgIpc) is 3.08. The van der Waals surface area contributed by atoms with Gasteiger partial charge in [0.05, 0.1) is 0 Å². The number of hydrogen-bond acceptors (Lipinski definition) is 8. The summed E-state index contributed by atoms with van der Waals surface area (Å²) in [6.07, 6.45) is -4.80. The first-order valence-corrected chi connectivity index (χ1v) is 10.8. The van der Waals surface area contributed by atoms with Crippen molar-refractivity contribution in [3.05, 3.63) is 29.8 Å². The van der Waals surface area contributed by atoms with Crippen molar-refractivity contribution in [2.45, 2.75) is 36.0 Å². The highest BCUT2D eigenvalue weighted by Crippen LogP contribution is 2.39. The van der Waals surface area contributed by atoms with E-state index >= 15 is 0 Å². The molecule has 1 aromatic heterocycles. The lowest BCUT2D eigenvalue weighted by Gasteiger charge is -2.40. The van der Waals surface area contributed by atoms with Gasteiger partial charge in [0.2, 0.25) is 9.47 Å². The Bertz CT molecular complexity index is 976. The number of anilines is 2. The fraction of sp³-hybridized carbons (Fsp3) is 0.500. The van der Waals surface area contributed by atoms with Crippen LogP contribution in [0.5, 0.6) is 0 Å². The lowest BCUT2D eigenvalue weighted by molar-refractivity contribution is -0.258. The van der Waals surface area contributed by atoms with Gasteiger partial charge in [0, 0.05) is 31.4 Å². The van der Waals surface area contributed by atoms with Gasteiger partial charge < -0.3 is 15.7 Å². The Morgan fingerprint density at radius 3 is 2.31 bits per heavy atom. The summed E-state index contributed by atoms with van der Waals surface area (Å²) in [4.78, 5) is 1.90. The van der Waals surface area contributed by atoms with Crippen molar-refractivity contribution in [2.24, 2.45) is 0 Å². The summed E-state index contributed by atoms with van der Waals surface area (Å²) < 4.78 is 65.4. The van der Waals surface area contributed by atoms with Crippen LogP contribution in [-0.4, -0.2) is 59.9 Å². The Kier molecular flexibility index (Phi) is 5.53. The van der Waals surface area contributed by atoms with E-state index in [4.69, 9.17) is 5.73 Å². The molecule has 2 heterocycles. The molecule has 160 valence electrons. The molecule has 0 saturated carbocycles. The maximum Gasteiger partial charge on any atom is 0.421 e. The number of halogens is 3. The van der Waals surface area contributed by atoms with Gasteiger partial charge in [0.25, 0.3) is 10.0 Å². The predicted molar refractivity (Wildman–Crippen MR) is 102 cm³/mol. The maximum atomic E-state index is 13.0. The van der Waals surface area contributed by atoms with Gasteiger partial charge in [-0.25, -0.2) is 8.42 Å². The normalized spacial score (nSPS) is 21.2. The van der Waals surface area contributed by atoms with Gasteiger partial charge in [0.15, 0.2) is 5.60 Å². The molecule has 8 nitrogen and oxygen atoms in total. The first kappa shape index (κ1) is 21.7. The third-order valence-electron chi connectivity index (χ3n) is 4.89. The third kappa shape index (κ3) is 4.04. The number of aliphatic hydroxyl groups is 1. The number of nitrogen functional groups attached to an aromatic ring is 1. The van der Waals surface area contributed by atoms with Crippen LogP contribution >= 0.6 is 11.3 Å². The van der Waals surface area contributed by atoms with E-state index in [1.165, 1.54) is 28.6 Å². The number of piperazine rings is 1. The van der Waals surface area contributed by atoms with E-state index in [2.05, 4.69) is 10.2 Å². The molecule has 0 unspecified atom stereocenters. The fourth-order valence-corrected chi connectivity index (χ4v) is 5.54. The molecule has 3 rings (SSSR count). The summed E-state index contributed by atoms with van der Waals surface area (Å²) in [5.74, 6) is 0. The van der Waals surface area contributed by atoms with Crippen molar-refractivity contribution >= 4 is 32.2 Å². The summed E-state index contributed by atoms with van der Waals surface area (Å²) in [6.45, 7) is 3.20. The summed E-state index contributed by atoms with van der Waals surface area (Å²) in [5.41, 5.74) is 2.88. The average molecular weight is 451 g/mol. The van der Waals surface area contributed by atoms with Crippen LogP contribution in [0.15, 0.2) is 28.6 Å². The summed E-state index contributed by atoms with van der Waals surface area (Å²) in [7, 11) is -3.81. The third-order valence-corrected chi connectivity index (χ3v) is 7.85. The molecule has 29 heavy (non-hydrogen) atoms. The first-order valence-electron chi connectivity index (χ1n) is 8.59. The van der Waals surface area contributed by atoms with Crippen LogP contribution < -0.4 is 10.6 Å². The van der Waals surface area contributed by atoms with E-state index < -0.39 is 21.8 Å². The summed E-state index contributed by atoms with van der Waals surface area (Å²) >= 11 is 0.789. The van der Waals surface area contributed by atoms with Crippen LogP contribution in [-0.2, 0) is 15.6 Å². The molecule has 1 aliphatic heterocycles.